The van der Waals surface area contributed by atoms with Gasteiger partial charge in [0.25, 0.3) is 0 Å². The van der Waals surface area contributed by atoms with Crippen molar-refractivity contribution in [3.63, 3.8) is 0 Å². The molecule has 0 aliphatic heterocycles. The van der Waals surface area contributed by atoms with Crippen LogP contribution in [0.5, 0.6) is 0 Å². The maximum atomic E-state index is 12.7. The summed E-state index contributed by atoms with van der Waals surface area (Å²) in [6.45, 7) is 3.59. The van der Waals surface area contributed by atoms with Gasteiger partial charge in [0.15, 0.2) is 0 Å². The Hall–Kier alpha value is -2.47. The highest BCUT2D eigenvalue weighted by atomic mass is 32.2. The maximum absolute atomic E-state index is 12.7. The molecule has 0 amide bonds. The molecular formula is C17H14O5S. The molecule has 1 heterocycles. The predicted molar refractivity (Wildman–Crippen MR) is 88.6 cm³/mol. The van der Waals surface area contributed by atoms with E-state index in [4.69, 9.17) is 9.52 Å². The lowest BCUT2D eigenvalue weighted by Gasteiger charge is -2.07. The first-order valence-corrected chi connectivity index (χ1v) is 8.37. The molecule has 1 aromatic heterocycles. The van der Waals surface area contributed by atoms with E-state index < -0.39 is 16.8 Å². The first-order chi connectivity index (χ1) is 10.9. The first kappa shape index (κ1) is 15.4. The zero-order valence-electron chi connectivity index (χ0n) is 12.6. The molecule has 1 unspecified atom stereocenters. The third-order valence-corrected chi connectivity index (χ3v) is 4.99. The van der Waals surface area contributed by atoms with Crippen LogP contribution in [0.1, 0.15) is 22.8 Å². The summed E-state index contributed by atoms with van der Waals surface area (Å²) >= 11 is 0. The van der Waals surface area contributed by atoms with Crippen molar-refractivity contribution in [2.24, 2.45) is 0 Å². The molecule has 118 valence electrons. The summed E-state index contributed by atoms with van der Waals surface area (Å²) in [5, 5.41) is 9.59. The van der Waals surface area contributed by atoms with Gasteiger partial charge in [-0.3, -0.25) is 9.00 Å². The average Bonchev–Trinajstić information content (AvgIpc) is 2.54. The Morgan fingerprint density at radius 1 is 1.22 bits per heavy atom. The van der Waals surface area contributed by atoms with Crippen molar-refractivity contribution < 1.29 is 18.5 Å². The lowest BCUT2D eigenvalue weighted by molar-refractivity contribution is 0.0697. The number of aromatic carboxylic acids is 1. The number of hydrogen-bond donors (Lipinski definition) is 1. The van der Waals surface area contributed by atoms with E-state index in [2.05, 4.69) is 0 Å². The quantitative estimate of drug-likeness (QED) is 0.746. The molecule has 3 rings (SSSR count). The monoisotopic (exact) mass is 330 g/mol. The molecule has 3 aromatic rings. The highest BCUT2D eigenvalue weighted by Crippen LogP contribution is 2.25. The van der Waals surface area contributed by atoms with Gasteiger partial charge >= 0.3 is 5.97 Å². The highest BCUT2D eigenvalue weighted by Gasteiger charge is 2.14. The maximum Gasteiger partial charge on any atom is 0.335 e. The second-order valence-electron chi connectivity index (χ2n) is 5.20. The van der Waals surface area contributed by atoms with Crippen LogP contribution in [0.15, 0.2) is 44.4 Å². The van der Waals surface area contributed by atoms with Crippen molar-refractivity contribution in [1.82, 2.24) is 0 Å². The van der Waals surface area contributed by atoms with Crippen LogP contribution in [0.4, 0.5) is 0 Å². The number of aryl methyl sites for hydroxylation is 1. The van der Waals surface area contributed by atoms with Crippen molar-refractivity contribution in [2.75, 3.05) is 5.75 Å². The average molecular weight is 330 g/mol. The molecule has 6 heteroatoms. The van der Waals surface area contributed by atoms with Gasteiger partial charge in [0.1, 0.15) is 11.2 Å². The predicted octanol–water partition coefficient (Wildman–Crippen LogP) is 3.08. The highest BCUT2D eigenvalue weighted by molar-refractivity contribution is 7.85. The Bertz CT molecular complexity index is 1030. The summed E-state index contributed by atoms with van der Waals surface area (Å²) in [5.41, 5.74) is 1.19. The van der Waals surface area contributed by atoms with Crippen LogP contribution in [0.2, 0.25) is 0 Å². The van der Waals surface area contributed by atoms with Crippen LogP contribution in [0, 0.1) is 6.92 Å². The van der Waals surface area contributed by atoms with Crippen LogP contribution in [0.3, 0.4) is 0 Å². The summed E-state index contributed by atoms with van der Waals surface area (Å²) in [5.74, 6) is -0.657. The van der Waals surface area contributed by atoms with Gasteiger partial charge in [-0.2, -0.15) is 0 Å². The molecule has 0 fully saturated rings. The lowest BCUT2D eigenvalue weighted by Crippen LogP contribution is -2.06. The molecule has 5 nitrogen and oxygen atoms in total. The van der Waals surface area contributed by atoms with Crippen molar-refractivity contribution in [3.8, 4) is 0 Å². The van der Waals surface area contributed by atoms with Gasteiger partial charge < -0.3 is 9.52 Å². The van der Waals surface area contributed by atoms with E-state index in [-0.39, 0.29) is 16.4 Å². The van der Waals surface area contributed by atoms with Gasteiger partial charge in [-0.15, -0.1) is 0 Å². The summed E-state index contributed by atoms with van der Waals surface area (Å²) in [6.07, 6.45) is 0. The second kappa shape index (κ2) is 5.62. The molecule has 23 heavy (non-hydrogen) atoms. The van der Waals surface area contributed by atoms with E-state index in [1.165, 1.54) is 18.2 Å². The number of benzene rings is 2. The van der Waals surface area contributed by atoms with Gasteiger partial charge in [0.05, 0.1) is 27.1 Å². The number of carboxylic acids is 1. The Balaban J connectivity index is 2.42. The minimum absolute atomic E-state index is 0.0224. The standard InChI is InChI=1S/C17H14O5S/c1-3-23(21)11-6-9(2)16-13(8-11)15(18)12-7-10(17(19)20)4-5-14(12)22-16/h4-8H,3H2,1-2H3,(H,19,20). The second-order valence-corrected chi connectivity index (χ2v) is 6.94. The first-order valence-electron chi connectivity index (χ1n) is 7.05. The fourth-order valence-electron chi connectivity index (χ4n) is 2.53. The van der Waals surface area contributed by atoms with Crippen molar-refractivity contribution in [2.45, 2.75) is 18.7 Å². The number of hydrogen-bond acceptors (Lipinski definition) is 4. The molecule has 0 saturated carbocycles. The van der Waals surface area contributed by atoms with Gasteiger partial charge in [-0.25, -0.2) is 4.79 Å². The summed E-state index contributed by atoms with van der Waals surface area (Å²) in [6, 6.07) is 7.51. The third-order valence-electron chi connectivity index (χ3n) is 3.70. The Kier molecular flexibility index (Phi) is 3.77. The summed E-state index contributed by atoms with van der Waals surface area (Å²) in [7, 11) is -1.19. The van der Waals surface area contributed by atoms with E-state index in [0.717, 1.165) is 5.56 Å². The Labute approximate surface area is 134 Å². The minimum Gasteiger partial charge on any atom is -0.478 e. The zero-order chi connectivity index (χ0) is 16.7. The molecule has 0 saturated heterocycles. The SMILES string of the molecule is CCS(=O)c1cc(C)c2oc3ccc(C(=O)O)cc3c(=O)c2c1. The van der Waals surface area contributed by atoms with Crippen molar-refractivity contribution >= 4 is 38.7 Å². The fourth-order valence-corrected chi connectivity index (χ4v) is 3.42. The molecule has 0 bridgehead atoms. The van der Waals surface area contributed by atoms with Crippen LogP contribution in [-0.4, -0.2) is 21.0 Å². The van der Waals surface area contributed by atoms with Gasteiger partial charge in [-0.05, 0) is 42.8 Å². The molecule has 0 radical (unpaired) electrons. The van der Waals surface area contributed by atoms with E-state index in [9.17, 15) is 13.8 Å². The molecule has 1 N–H and O–H groups in total. The van der Waals surface area contributed by atoms with Gasteiger partial charge in [-0.1, -0.05) is 6.92 Å². The normalized spacial score (nSPS) is 12.6. The third kappa shape index (κ3) is 2.55. The van der Waals surface area contributed by atoms with Crippen LogP contribution in [-0.2, 0) is 10.8 Å². The summed E-state index contributed by atoms with van der Waals surface area (Å²) in [4.78, 5) is 24.4. The largest absolute Gasteiger partial charge is 0.478 e. The topological polar surface area (TPSA) is 84.6 Å². The molecule has 2 aromatic carbocycles. The number of fused-ring (bicyclic) bond motifs is 2. The van der Waals surface area contributed by atoms with E-state index in [1.807, 2.05) is 0 Å². The van der Waals surface area contributed by atoms with Crippen molar-refractivity contribution in [1.29, 1.82) is 0 Å². The molecular weight excluding hydrogens is 316 g/mol. The number of rotatable bonds is 3. The van der Waals surface area contributed by atoms with E-state index in [1.54, 1.807) is 26.0 Å². The van der Waals surface area contributed by atoms with Crippen LogP contribution in [0.25, 0.3) is 21.9 Å². The Morgan fingerprint density at radius 3 is 2.61 bits per heavy atom. The molecule has 0 aliphatic rings. The van der Waals surface area contributed by atoms with Gasteiger partial charge in [0.2, 0.25) is 5.43 Å². The minimum atomic E-state index is -1.19. The molecule has 1 atom stereocenters. The zero-order valence-corrected chi connectivity index (χ0v) is 13.4. The van der Waals surface area contributed by atoms with Crippen LogP contribution < -0.4 is 5.43 Å². The lowest BCUT2D eigenvalue weighted by atomic mass is 10.1. The molecule has 0 aliphatic carbocycles. The van der Waals surface area contributed by atoms with Crippen LogP contribution >= 0.6 is 0 Å². The van der Waals surface area contributed by atoms with Gasteiger partial charge in [0, 0.05) is 10.6 Å². The van der Waals surface area contributed by atoms with E-state index in [0.29, 0.717) is 27.2 Å². The number of carbonyl (C=O) groups is 1. The van der Waals surface area contributed by atoms with Crippen molar-refractivity contribution in [3.05, 3.63) is 51.7 Å². The smallest absolute Gasteiger partial charge is 0.335 e. The molecule has 0 spiro atoms. The Morgan fingerprint density at radius 2 is 1.96 bits per heavy atom. The summed E-state index contributed by atoms with van der Waals surface area (Å²) < 4.78 is 17.8. The van der Waals surface area contributed by atoms with E-state index >= 15 is 0 Å². The number of carboxylic acid groups (broad SMARTS) is 1. The fraction of sp³-hybridized carbons (Fsp3) is 0.176.